The van der Waals surface area contributed by atoms with E-state index in [1.54, 1.807) is 4.90 Å². The van der Waals surface area contributed by atoms with Gasteiger partial charge in [0.1, 0.15) is 18.2 Å². The molecular weight excluding hydrogens is 244 g/mol. The molecule has 0 unspecified atom stereocenters. The number of amides is 1. The SMILES string of the molecule is Cc1nc(C2CCNCC2)cc(N2CCOC2=O)n1. The van der Waals surface area contributed by atoms with Gasteiger partial charge in [0.25, 0.3) is 0 Å². The molecule has 1 aromatic heterocycles. The summed E-state index contributed by atoms with van der Waals surface area (Å²) in [5.74, 6) is 1.84. The zero-order valence-corrected chi connectivity index (χ0v) is 11.1. The van der Waals surface area contributed by atoms with E-state index in [1.165, 1.54) is 0 Å². The molecule has 0 spiro atoms. The first-order valence-corrected chi connectivity index (χ1v) is 6.74. The van der Waals surface area contributed by atoms with Crippen LogP contribution >= 0.6 is 0 Å². The molecule has 2 fully saturated rings. The molecule has 19 heavy (non-hydrogen) atoms. The number of piperidine rings is 1. The second-order valence-corrected chi connectivity index (χ2v) is 4.99. The van der Waals surface area contributed by atoms with E-state index in [-0.39, 0.29) is 6.09 Å². The Bertz CT molecular complexity index is 486. The van der Waals surface area contributed by atoms with Crippen molar-refractivity contribution in [1.82, 2.24) is 15.3 Å². The maximum absolute atomic E-state index is 11.6. The first-order valence-electron chi connectivity index (χ1n) is 6.74. The molecule has 102 valence electrons. The quantitative estimate of drug-likeness (QED) is 0.867. The van der Waals surface area contributed by atoms with Crippen LogP contribution in [0.25, 0.3) is 0 Å². The van der Waals surface area contributed by atoms with Crippen molar-refractivity contribution in [3.05, 3.63) is 17.6 Å². The van der Waals surface area contributed by atoms with Gasteiger partial charge in [0.15, 0.2) is 0 Å². The van der Waals surface area contributed by atoms with Crippen LogP contribution in [0.2, 0.25) is 0 Å². The van der Waals surface area contributed by atoms with Gasteiger partial charge < -0.3 is 10.1 Å². The highest BCUT2D eigenvalue weighted by Gasteiger charge is 2.26. The average molecular weight is 262 g/mol. The monoisotopic (exact) mass is 262 g/mol. The van der Waals surface area contributed by atoms with Crippen molar-refractivity contribution in [1.29, 1.82) is 0 Å². The van der Waals surface area contributed by atoms with Crippen molar-refractivity contribution in [2.24, 2.45) is 0 Å². The smallest absolute Gasteiger partial charge is 0.415 e. The number of hydrogen-bond acceptors (Lipinski definition) is 5. The van der Waals surface area contributed by atoms with Crippen LogP contribution in [0.3, 0.4) is 0 Å². The summed E-state index contributed by atoms with van der Waals surface area (Å²) in [6.45, 7) is 4.92. The average Bonchev–Trinajstić information content (AvgIpc) is 2.85. The molecule has 3 rings (SSSR count). The Morgan fingerprint density at radius 3 is 2.84 bits per heavy atom. The molecule has 1 N–H and O–H groups in total. The fourth-order valence-corrected chi connectivity index (χ4v) is 2.64. The second-order valence-electron chi connectivity index (χ2n) is 4.99. The third-order valence-corrected chi connectivity index (χ3v) is 3.64. The summed E-state index contributed by atoms with van der Waals surface area (Å²) in [7, 11) is 0. The molecule has 6 heteroatoms. The van der Waals surface area contributed by atoms with Gasteiger partial charge in [-0.25, -0.2) is 14.8 Å². The van der Waals surface area contributed by atoms with Gasteiger partial charge in [0, 0.05) is 17.7 Å². The molecule has 1 amide bonds. The van der Waals surface area contributed by atoms with Crippen molar-refractivity contribution in [2.75, 3.05) is 31.1 Å². The van der Waals surface area contributed by atoms with E-state index in [2.05, 4.69) is 15.3 Å². The Kier molecular flexibility index (Phi) is 3.33. The molecule has 0 saturated carbocycles. The van der Waals surface area contributed by atoms with E-state index in [9.17, 15) is 4.79 Å². The Morgan fingerprint density at radius 2 is 2.16 bits per heavy atom. The highest BCUT2D eigenvalue weighted by atomic mass is 16.6. The number of aromatic nitrogens is 2. The van der Waals surface area contributed by atoms with E-state index in [0.717, 1.165) is 31.6 Å². The van der Waals surface area contributed by atoms with Crippen molar-refractivity contribution in [3.63, 3.8) is 0 Å². The highest BCUT2D eigenvalue weighted by molar-refractivity contribution is 5.88. The van der Waals surface area contributed by atoms with Gasteiger partial charge in [-0.15, -0.1) is 0 Å². The predicted octanol–water partition coefficient (Wildman–Crippen LogP) is 1.21. The first-order chi connectivity index (χ1) is 9.24. The zero-order chi connectivity index (χ0) is 13.2. The molecule has 0 bridgehead atoms. The number of nitrogens with zero attached hydrogens (tertiary/aromatic N) is 3. The summed E-state index contributed by atoms with van der Waals surface area (Å²) in [4.78, 5) is 22.1. The van der Waals surface area contributed by atoms with Gasteiger partial charge >= 0.3 is 6.09 Å². The largest absolute Gasteiger partial charge is 0.447 e. The normalized spacial score (nSPS) is 20.7. The van der Waals surface area contributed by atoms with Crippen LogP contribution in [0.1, 0.15) is 30.3 Å². The Morgan fingerprint density at radius 1 is 1.37 bits per heavy atom. The number of anilines is 1. The minimum Gasteiger partial charge on any atom is -0.447 e. The standard InChI is InChI=1S/C13H18N4O2/c1-9-15-11(10-2-4-14-5-3-10)8-12(16-9)17-6-7-19-13(17)18/h8,10,14H,2-7H2,1H3. The fraction of sp³-hybridized carbons (Fsp3) is 0.615. The number of carbonyl (C=O) groups is 1. The number of hydrogen-bond donors (Lipinski definition) is 1. The molecule has 3 heterocycles. The Labute approximate surface area is 112 Å². The molecule has 0 radical (unpaired) electrons. The number of nitrogens with one attached hydrogen (secondary N) is 1. The molecule has 2 saturated heterocycles. The molecule has 0 atom stereocenters. The maximum Gasteiger partial charge on any atom is 0.415 e. The fourth-order valence-electron chi connectivity index (χ4n) is 2.64. The molecule has 1 aromatic rings. The minimum atomic E-state index is -0.311. The first kappa shape index (κ1) is 12.3. The Hall–Kier alpha value is -1.69. The number of aryl methyl sites for hydroxylation is 1. The molecule has 6 nitrogen and oxygen atoms in total. The van der Waals surface area contributed by atoms with Gasteiger partial charge in [-0.2, -0.15) is 0 Å². The van der Waals surface area contributed by atoms with E-state index >= 15 is 0 Å². The van der Waals surface area contributed by atoms with Crippen LogP contribution in [-0.2, 0) is 4.74 Å². The highest BCUT2D eigenvalue weighted by Crippen LogP contribution is 2.27. The third kappa shape index (κ3) is 2.53. The van der Waals surface area contributed by atoms with Crippen LogP contribution in [0, 0.1) is 6.92 Å². The number of cyclic esters (lactones) is 1. The lowest BCUT2D eigenvalue weighted by atomic mass is 9.94. The molecular formula is C13H18N4O2. The number of ether oxygens (including phenoxy) is 1. The van der Waals surface area contributed by atoms with Gasteiger partial charge in [-0.1, -0.05) is 0 Å². The lowest BCUT2D eigenvalue weighted by molar-refractivity contribution is 0.181. The van der Waals surface area contributed by atoms with Crippen LogP contribution in [-0.4, -0.2) is 42.3 Å². The van der Waals surface area contributed by atoms with Crippen molar-refractivity contribution in [2.45, 2.75) is 25.7 Å². The van der Waals surface area contributed by atoms with E-state index in [4.69, 9.17) is 4.74 Å². The van der Waals surface area contributed by atoms with E-state index in [1.807, 2.05) is 13.0 Å². The summed E-state index contributed by atoms with van der Waals surface area (Å²) in [6.07, 6.45) is 1.86. The minimum absolute atomic E-state index is 0.311. The number of carbonyl (C=O) groups excluding carboxylic acids is 1. The number of rotatable bonds is 2. The van der Waals surface area contributed by atoms with Crippen LogP contribution in [0.15, 0.2) is 6.07 Å². The van der Waals surface area contributed by atoms with Gasteiger partial charge in [0.2, 0.25) is 0 Å². The molecule has 0 aliphatic carbocycles. The van der Waals surface area contributed by atoms with Crippen molar-refractivity contribution >= 4 is 11.9 Å². The summed E-state index contributed by atoms with van der Waals surface area (Å²) in [5.41, 5.74) is 1.05. The van der Waals surface area contributed by atoms with E-state index < -0.39 is 0 Å². The topological polar surface area (TPSA) is 67.3 Å². The van der Waals surface area contributed by atoms with Gasteiger partial charge in [-0.05, 0) is 32.9 Å². The Balaban J connectivity index is 1.88. The summed E-state index contributed by atoms with van der Waals surface area (Å²) in [5, 5.41) is 3.35. The molecule has 0 aromatic carbocycles. The van der Waals surface area contributed by atoms with Gasteiger partial charge in [-0.3, -0.25) is 4.90 Å². The molecule has 2 aliphatic rings. The second kappa shape index (κ2) is 5.13. The third-order valence-electron chi connectivity index (χ3n) is 3.64. The summed E-state index contributed by atoms with van der Waals surface area (Å²) in [6, 6.07) is 1.94. The van der Waals surface area contributed by atoms with Crippen LogP contribution in [0.4, 0.5) is 10.6 Å². The van der Waals surface area contributed by atoms with Gasteiger partial charge in [0.05, 0.1) is 6.54 Å². The predicted molar refractivity (Wildman–Crippen MR) is 70.3 cm³/mol. The van der Waals surface area contributed by atoms with Crippen molar-refractivity contribution < 1.29 is 9.53 Å². The van der Waals surface area contributed by atoms with Crippen molar-refractivity contribution in [3.8, 4) is 0 Å². The zero-order valence-electron chi connectivity index (χ0n) is 11.1. The summed E-state index contributed by atoms with van der Waals surface area (Å²) >= 11 is 0. The lowest BCUT2D eigenvalue weighted by Gasteiger charge is -2.23. The van der Waals surface area contributed by atoms with Crippen LogP contribution < -0.4 is 10.2 Å². The lowest BCUT2D eigenvalue weighted by Crippen LogP contribution is -2.28. The summed E-state index contributed by atoms with van der Waals surface area (Å²) < 4.78 is 4.96. The maximum atomic E-state index is 11.6. The van der Waals surface area contributed by atoms with E-state index in [0.29, 0.717) is 30.7 Å². The molecule has 2 aliphatic heterocycles. The van der Waals surface area contributed by atoms with Crippen LogP contribution in [0.5, 0.6) is 0 Å².